The molecule has 3 aromatic carbocycles. The second-order valence-electron chi connectivity index (χ2n) is 11.3. The average Bonchev–Trinajstić information content (AvgIpc) is 3.04. The van der Waals surface area contributed by atoms with Gasteiger partial charge in [-0.05, 0) is 106 Å². The second kappa shape index (κ2) is 16.7. The van der Waals surface area contributed by atoms with Crippen LogP contribution in [-0.4, -0.2) is 81.4 Å². The summed E-state index contributed by atoms with van der Waals surface area (Å²) in [6.07, 6.45) is 1.37. The van der Waals surface area contributed by atoms with Gasteiger partial charge in [-0.25, -0.2) is 4.39 Å². The largest absolute Gasteiger partial charge is 0.490 e. The van der Waals surface area contributed by atoms with E-state index in [1.54, 1.807) is 0 Å². The highest BCUT2D eigenvalue weighted by Gasteiger charge is 2.34. The zero-order valence-electron chi connectivity index (χ0n) is 27.4. The van der Waals surface area contributed by atoms with Crippen molar-refractivity contribution < 1.29 is 28.1 Å². The van der Waals surface area contributed by atoms with Crippen LogP contribution in [0, 0.1) is 5.82 Å². The molecule has 2 aliphatic heterocycles. The summed E-state index contributed by atoms with van der Waals surface area (Å²) in [5.41, 5.74) is 4.35. The molecule has 0 aliphatic carbocycles. The molecular weight excluding hydrogens is 609 g/mol. The van der Waals surface area contributed by atoms with Crippen LogP contribution in [-0.2, 0) is 17.6 Å². The predicted molar refractivity (Wildman–Crippen MR) is 182 cm³/mol. The third kappa shape index (κ3) is 8.36. The molecule has 1 atom stereocenters. The summed E-state index contributed by atoms with van der Waals surface area (Å²) < 4.78 is 37.1. The second-order valence-corrected chi connectivity index (χ2v) is 11.3. The van der Waals surface area contributed by atoms with Gasteiger partial charge in [-0.3, -0.25) is 9.69 Å². The number of carbonyl (C=O) groups is 1. The standard InChI is InChI=1S/C36H46FN3O5.ClH/c1-5-42-32-14-9-26(22-33(32)43-6-2)21-31-30-24-35(45-8-4)34(44-7-3)23-27(30)15-16-40(31)36(41)25-38-17-19-39(20-18-38)29-12-10-28(37)11-13-29;/h9-14,22-24,31H,5-8,15-21,25H2,1-4H3;1H. The Kier molecular flexibility index (Phi) is 12.8. The van der Waals surface area contributed by atoms with Crippen molar-refractivity contribution in [2.75, 3.05) is 70.6 Å². The Balaban J connectivity index is 0.00000480. The molecule has 5 rings (SSSR count). The Labute approximate surface area is 278 Å². The molecule has 0 radical (unpaired) electrons. The molecule has 1 fully saturated rings. The van der Waals surface area contributed by atoms with Crippen LogP contribution in [0.5, 0.6) is 23.0 Å². The molecule has 2 heterocycles. The number of piperazine rings is 1. The summed E-state index contributed by atoms with van der Waals surface area (Å²) in [4.78, 5) is 20.6. The lowest BCUT2D eigenvalue weighted by Gasteiger charge is -2.40. The van der Waals surface area contributed by atoms with Gasteiger partial charge in [0.2, 0.25) is 5.91 Å². The quantitative estimate of drug-likeness (QED) is 0.213. The van der Waals surface area contributed by atoms with E-state index in [2.05, 4.69) is 28.0 Å². The van der Waals surface area contributed by atoms with E-state index < -0.39 is 0 Å². The maximum absolute atomic E-state index is 14.1. The first-order valence-electron chi connectivity index (χ1n) is 16.3. The number of fused-ring (bicyclic) bond motifs is 1. The van der Waals surface area contributed by atoms with Crippen molar-refractivity contribution >= 4 is 24.0 Å². The maximum Gasteiger partial charge on any atom is 0.237 e. The number of carbonyl (C=O) groups excluding carboxylic acids is 1. The molecule has 0 N–H and O–H groups in total. The number of nitrogens with zero attached hydrogens (tertiary/aromatic N) is 3. The molecule has 0 bridgehead atoms. The predicted octanol–water partition coefficient (Wildman–Crippen LogP) is 6.33. The van der Waals surface area contributed by atoms with E-state index in [4.69, 9.17) is 18.9 Å². The highest BCUT2D eigenvalue weighted by atomic mass is 35.5. The van der Waals surface area contributed by atoms with Crippen LogP contribution in [0.15, 0.2) is 54.6 Å². The minimum Gasteiger partial charge on any atom is -0.490 e. The number of anilines is 1. The first-order chi connectivity index (χ1) is 21.9. The van der Waals surface area contributed by atoms with Crippen molar-refractivity contribution in [3.63, 3.8) is 0 Å². The smallest absolute Gasteiger partial charge is 0.237 e. The molecule has 8 nitrogen and oxygen atoms in total. The van der Waals surface area contributed by atoms with E-state index >= 15 is 0 Å². The highest BCUT2D eigenvalue weighted by Crippen LogP contribution is 2.41. The van der Waals surface area contributed by atoms with Crippen molar-refractivity contribution in [3.8, 4) is 23.0 Å². The number of rotatable bonds is 13. The van der Waals surface area contributed by atoms with Gasteiger partial charge in [0, 0.05) is 38.4 Å². The number of halogens is 2. The molecule has 0 aromatic heterocycles. The summed E-state index contributed by atoms with van der Waals surface area (Å²) in [7, 11) is 0. The van der Waals surface area contributed by atoms with Crippen molar-refractivity contribution in [1.29, 1.82) is 0 Å². The summed E-state index contributed by atoms with van der Waals surface area (Å²) in [5, 5.41) is 0. The Morgan fingerprint density at radius 2 is 1.33 bits per heavy atom. The Morgan fingerprint density at radius 1 is 0.739 bits per heavy atom. The lowest BCUT2D eigenvalue weighted by atomic mass is 9.88. The first-order valence-corrected chi connectivity index (χ1v) is 16.3. The van der Waals surface area contributed by atoms with Crippen LogP contribution < -0.4 is 23.8 Å². The van der Waals surface area contributed by atoms with Gasteiger partial charge in [-0.2, -0.15) is 0 Å². The molecule has 46 heavy (non-hydrogen) atoms. The molecule has 2 aliphatic rings. The van der Waals surface area contributed by atoms with Gasteiger partial charge >= 0.3 is 0 Å². The van der Waals surface area contributed by atoms with Gasteiger partial charge in [0.1, 0.15) is 5.82 Å². The average molecular weight is 656 g/mol. The van der Waals surface area contributed by atoms with Gasteiger partial charge in [0.25, 0.3) is 0 Å². The van der Waals surface area contributed by atoms with Crippen molar-refractivity contribution in [2.24, 2.45) is 0 Å². The Bertz CT molecular complexity index is 1430. The number of hydrogen-bond acceptors (Lipinski definition) is 7. The van der Waals surface area contributed by atoms with Gasteiger partial charge in [-0.15, -0.1) is 12.4 Å². The van der Waals surface area contributed by atoms with E-state index in [1.165, 1.54) is 17.7 Å². The molecule has 1 saturated heterocycles. The van der Waals surface area contributed by atoms with E-state index in [0.29, 0.717) is 57.4 Å². The van der Waals surface area contributed by atoms with Gasteiger partial charge in [-0.1, -0.05) is 6.07 Å². The minimum atomic E-state index is -0.234. The molecule has 1 amide bonds. The minimum absolute atomic E-state index is 0. The molecule has 1 unspecified atom stereocenters. The van der Waals surface area contributed by atoms with Crippen molar-refractivity contribution in [3.05, 3.63) is 77.1 Å². The SMILES string of the molecule is CCOc1ccc(CC2c3cc(OCC)c(OCC)cc3CCN2C(=O)CN2CCN(c3ccc(F)cc3)CC2)cc1OCC.Cl. The normalized spacial score (nSPS) is 16.3. The van der Waals surface area contributed by atoms with Crippen LogP contribution in [0.4, 0.5) is 10.1 Å². The van der Waals surface area contributed by atoms with Crippen LogP contribution in [0.2, 0.25) is 0 Å². The zero-order chi connectivity index (χ0) is 31.8. The van der Waals surface area contributed by atoms with E-state index in [1.807, 2.05) is 56.9 Å². The summed E-state index contributed by atoms with van der Waals surface area (Å²) in [5.74, 6) is 2.77. The van der Waals surface area contributed by atoms with Gasteiger partial charge < -0.3 is 28.7 Å². The van der Waals surface area contributed by atoms with Crippen molar-refractivity contribution in [1.82, 2.24) is 9.80 Å². The fourth-order valence-corrected chi connectivity index (χ4v) is 6.31. The van der Waals surface area contributed by atoms with E-state index in [-0.39, 0.29) is 30.2 Å². The first kappa shape index (κ1) is 35.2. The third-order valence-electron chi connectivity index (χ3n) is 8.44. The highest BCUT2D eigenvalue weighted by molar-refractivity contribution is 5.85. The van der Waals surface area contributed by atoms with E-state index in [0.717, 1.165) is 60.9 Å². The molecule has 250 valence electrons. The molecule has 0 saturated carbocycles. The topological polar surface area (TPSA) is 63.7 Å². The zero-order valence-corrected chi connectivity index (χ0v) is 28.2. The molecule has 0 spiro atoms. The number of ether oxygens (including phenoxy) is 4. The Morgan fingerprint density at radius 3 is 1.96 bits per heavy atom. The maximum atomic E-state index is 14.1. The Hall–Kier alpha value is -3.69. The fourth-order valence-electron chi connectivity index (χ4n) is 6.31. The summed E-state index contributed by atoms with van der Waals surface area (Å²) in [6.45, 7) is 14.1. The number of benzene rings is 3. The monoisotopic (exact) mass is 655 g/mol. The number of amides is 1. The fraction of sp³-hybridized carbons (Fsp3) is 0.472. The molecule has 3 aromatic rings. The lowest BCUT2D eigenvalue weighted by molar-refractivity contribution is -0.135. The molecule has 10 heteroatoms. The van der Waals surface area contributed by atoms with Crippen molar-refractivity contribution in [2.45, 2.75) is 46.6 Å². The van der Waals surface area contributed by atoms with Gasteiger partial charge in [0.05, 0.1) is 39.0 Å². The van der Waals surface area contributed by atoms with Gasteiger partial charge in [0.15, 0.2) is 23.0 Å². The van der Waals surface area contributed by atoms with Crippen LogP contribution in [0.3, 0.4) is 0 Å². The van der Waals surface area contributed by atoms with E-state index in [9.17, 15) is 9.18 Å². The molecular formula is C36H47ClFN3O5. The summed E-state index contributed by atoms with van der Waals surface area (Å²) in [6, 6.07) is 16.7. The van der Waals surface area contributed by atoms with Crippen LogP contribution in [0.1, 0.15) is 50.4 Å². The third-order valence-corrected chi connectivity index (χ3v) is 8.44. The van der Waals surface area contributed by atoms with Crippen LogP contribution >= 0.6 is 12.4 Å². The van der Waals surface area contributed by atoms with Crippen LogP contribution in [0.25, 0.3) is 0 Å². The number of hydrogen-bond donors (Lipinski definition) is 0. The summed E-state index contributed by atoms with van der Waals surface area (Å²) >= 11 is 0. The lowest BCUT2D eigenvalue weighted by Crippen LogP contribution is -2.51.